The van der Waals surface area contributed by atoms with E-state index in [1.807, 2.05) is 0 Å². The predicted molar refractivity (Wildman–Crippen MR) is 83.0 cm³/mol. The standard InChI is InChI=1S/C16H22N2O2S/c1-9-3-7-12(8-4-9)21-15-13(16(19)20)10(2)17-14(18-15)11-5-6-11/h9,11-12H,3-8H2,1-2H3,(H,19,20). The molecule has 5 heteroatoms. The third kappa shape index (κ3) is 3.39. The summed E-state index contributed by atoms with van der Waals surface area (Å²) >= 11 is 1.66. The fourth-order valence-corrected chi connectivity index (χ4v) is 4.25. The van der Waals surface area contributed by atoms with Gasteiger partial charge in [0.1, 0.15) is 16.4 Å². The van der Waals surface area contributed by atoms with E-state index in [9.17, 15) is 9.90 Å². The molecule has 0 unspecified atom stereocenters. The van der Waals surface area contributed by atoms with E-state index in [2.05, 4.69) is 16.9 Å². The Morgan fingerprint density at radius 2 is 1.81 bits per heavy atom. The van der Waals surface area contributed by atoms with Crippen LogP contribution in [0.25, 0.3) is 0 Å². The first-order valence-corrected chi connectivity index (χ1v) is 8.71. The Bertz CT molecular complexity index is 549. The van der Waals surface area contributed by atoms with Crippen LogP contribution in [-0.2, 0) is 0 Å². The van der Waals surface area contributed by atoms with E-state index in [-0.39, 0.29) is 0 Å². The fraction of sp³-hybridized carbons (Fsp3) is 0.688. The molecule has 2 saturated carbocycles. The number of carbonyl (C=O) groups is 1. The maximum atomic E-state index is 11.5. The van der Waals surface area contributed by atoms with E-state index in [4.69, 9.17) is 0 Å². The van der Waals surface area contributed by atoms with Crippen LogP contribution in [0.3, 0.4) is 0 Å². The molecule has 2 fully saturated rings. The van der Waals surface area contributed by atoms with Crippen LogP contribution in [0.1, 0.15) is 73.2 Å². The summed E-state index contributed by atoms with van der Waals surface area (Å²) in [6.45, 7) is 4.09. The summed E-state index contributed by atoms with van der Waals surface area (Å²) in [4.78, 5) is 20.6. The molecular formula is C16H22N2O2S. The SMILES string of the molecule is Cc1nc(C2CC2)nc(SC2CCC(C)CC2)c1C(=O)O. The quantitative estimate of drug-likeness (QED) is 0.851. The second-order valence-corrected chi connectivity index (χ2v) is 7.72. The average molecular weight is 306 g/mol. The van der Waals surface area contributed by atoms with E-state index in [1.54, 1.807) is 18.7 Å². The predicted octanol–water partition coefficient (Wildman–Crippen LogP) is 4.03. The van der Waals surface area contributed by atoms with E-state index < -0.39 is 5.97 Å². The first-order chi connectivity index (χ1) is 10.0. The lowest BCUT2D eigenvalue weighted by Gasteiger charge is -2.25. The number of carboxylic acids is 1. The van der Waals surface area contributed by atoms with Gasteiger partial charge < -0.3 is 5.11 Å². The molecule has 1 heterocycles. The molecule has 0 amide bonds. The van der Waals surface area contributed by atoms with E-state index >= 15 is 0 Å². The van der Waals surface area contributed by atoms with Gasteiger partial charge in [0.25, 0.3) is 0 Å². The van der Waals surface area contributed by atoms with Gasteiger partial charge >= 0.3 is 5.97 Å². The monoisotopic (exact) mass is 306 g/mol. The van der Waals surface area contributed by atoms with Crippen molar-refractivity contribution in [3.05, 3.63) is 17.1 Å². The summed E-state index contributed by atoms with van der Waals surface area (Å²) in [5, 5.41) is 10.7. The van der Waals surface area contributed by atoms with Gasteiger partial charge in [-0.3, -0.25) is 0 Å². The van der Waals surface area contributed by atoms with Crippen molar-refractivity contribution in [3.63, 3.8) is 0 Å². The Morgan fingerprint density at radius 1 is 1.14 bits per heavy atom. The first kappa shape index (κ1) is 14.8. The van der Waals surface area contributed by atoms with Crippen molar-refractivity contribution in [1.82, 2.24) is 9.97 Å². The lowest BCUT2D eigenvalue weighted by atomic mass is 9.91. The summed E-state index contributed by atoms with van der Waals surface area (Å²) < 4.78 is 0. The van der Waals surface area contributed by atoms with Gasteiger partial charge in [-0.2, -0.15) is 0 Å². The molecule has 4 nitrogen and oxygen atoms in total. The molecule has 1 N–H and O–H groups in total. The maximum Gasteiger partial charge on any atom is 0.340 e. The Hall–Kier alpha value is -1.10. The Morgan fingerprint density at radius 3 is 2.38 bits per heavy atom. The third-order valence-corrected chi connectivity index (χ3v) is 5.79. The van der Waals surface area contributed by atoms with E-state index in [0.717, 1.165) is 37.4 Å². The molecule has 0 aromatic carbocycles. The van der Waals surface area contributed by atoms with Crippen molar-refractivity contribution in [3.8, 4) is 0 Å². The Kier molecular flexibility index (Phi) is 4.20. The molecule has 114 valence electrons. The zero-order valence-corrected chi connectivity index (χ0v) is 13.4. The van der Waals surface area contributed by atoms with Crippen LogP contribution in [0, 0.1) is 12.8 Å². The third-order valence-electron chi connectivity index (χ3n) is 4.47. The first-order valence-electron chi connectivity index (χ1n) is 7.83. The van der Waals surface area contributed by atoms with Gasteiger partial charge in [-0.25, -0.2) is 14.8 Å². The number of hydrogen-bond donors (Lipinski definition) is 1. The smallest absolute Gasteiger partial charge is 0.340 e. The number of hydrogen-bond acceptors (Lipinski definition) is 4. The highest BCUT2D eigenvalue weighted by atomic mass is 32.2. The fourth-order valence-electron chi connectivity index (χ4n) is 2.93. The van der Waals surface area contributed by atoms with Crippen LogP contribution in [0.15, 0.2) is 5.03 Å². The molecule has 0 radical (unpaired) electrons. The minimum atomic E-state index is -0.901. The van der Waals surface area contributed by atoms with Gasteiger partial charge in [-0.15, -0.1) is 11.8 Å². The van der Waals surface area contributed by atoms with Gasteiger partial charge in [0.15, 0.2) is 0 Å². The van der Waals surface area contributed by atoms with Crippen molar-refractivity contribution in [2.45, 2.75) is 68.6 Å². The minimum absolute atomic E-state index is 0.308. The van der Waals surface area contributed by atoms with Crippen LogP contribution in [0.2, 0.25) is 0 Å². The van der Waals surface area contributed by atoms with E-state index in [1.165, 1.54) is 12.8 Å². The van der Waals surface area contributed by atoms with Crippen LogP contribution < -0.4 is 0 Å². The molecule has 3 rings (SSSR count). The van der Waals surface area contributed by atoms with Gasteiger partial charge in [0, 0.05) is 11.2 Å². The number of aromatic nitrogens is 2. The summed E-state index contributed by atoms with van der Waals surface area (Å²) in [7, 11) is 0. The molecule has 2 aliphatic carbocycles. The summed E-state index contributed by atoms with van der Waals surface area (Å²) in [5.41, 5.74) is 0.925. The normalized spacial score (nSPS) is 25.8. The highest BCUT2D eigenvalue weighted by Gasteiger charge is 2.30. The van der Waals surface area contributed by atoms with Crippen molar-refractivity contribution in [1.29, 1.82) is 0 Å². The van der Waals surface area contributed by atoms with Crippen molar-refractivity contribution >= 4 is 17.7 Å². The summed E-state index contributed by atoms with van der Waals surface area (Å²) in [6, 6.07) is 0. The number of thioether (sulfide) groups is 1. The van der Waals surface area contributed by atoms with Crippen molar-refractivity contribution < 1.29 is 9.90 Å². The van der Waals surface area contributed by atoms with Crippen molar-refractivity contribution in [2.75, 3.05) is 0 Å². The van der Waals surface area contributed by atoms with E-state index in [0.29, 0.717) is 27.5 Å². The topological polar surface area (TPSA) is 63.1 Å². The van der Waals surface area contributed by atoms with Crippen LogP contribution >= 0.6 is 11.8 Å². The molecule has 1 aromatic rings. The molecule has 2 aliphatic rings. The molecule has 0 bridgehead atoms. The number of aromatic carboxylic acids is 1. The number of rotatable bonds is 4. The number of nitrogens with zero attached hydrogens (tertiary/aromatic N) is 2. The second-order valence-electron chi connectivity index (χ2n) is 6.43. The molecule has 0 aliphatic heterocycles. The Labute approximate surface area is 129 Å². The molecule has 1 aromatic heterocycles. The lowest BCUT2D eigenvalue weighted by molar-refractivity contribution is 0.0690. The minimum Gasteiger partial charge on any atom is -0.478 e. The largest absolute Gasteiger partial charge is 0.478 e. The van der Waals surface area contributed by atoms with Gasteiger partial charge in [-0.05, 0) is 51.4 Å². The molecule has 0 atom stereocenters. The molecular weight excluding hydrogens is 284 g/mol. The number of carboxylic acid groups (broad SMARTS) is 1. The number of aryl methyl sites for hydroxylation is 1. The van der Waals surface area contributed by atoms with Gasteiger partial charge in [0.2, 0.25) is 0 Å². The maximum absolute atomic E-state index is 11.5. The van der Waals surface area contributed by atoms with Gasteiger partial charge in [0.05, 0.1) is 5.69 Å². The second kappa shape index (κ2) is 5.95. The zero-order valence-electron chi connectivity index (χ0n) is 12.6. The summed E-state index contributed by atoms with van der Waals surface area (Å²) in [5.74, 6) is 1.21. The van der Waals surface area contributed by atoms with Gasteiger partial charge in [-0.1, -0.05) is 6.92 Å². The van der Waals surface area contributed by atoms with Crippen LogP contribution in [0.4, 0.5) is 0 Å². The molecule has 0 saturated heterocycles. The highest BCUT2D eigenvalue weighted by Crippen LogP contribution is 2.41. The van der Waals surface area contributed by atoms with Crippen LogP contribution in [-0.4, -0.2) is 26.3 Å². The summed E-state index contributed by atoms with van der Waals surface area (Å²) in [6.07, 6.45) is 7.06. The molecule has 21 heavy (non-hydrogen) atoms. The highest BCUT2D eigenvalue weighted by molar-refractivity contribution is 7.99. The zero-order chi connectivity index (χ0) is 15.0. The Balaban J connectivity index is 1.85. The lowest BCUT2D eigenvalue weighted by Crippen LogP contribution is -2.16. The van der Waals surface area contributed by atoms with Crippen molar-refractivity contribution in [2.24, 2.45) is 5.92 Å². The average Bonchev–Trinajstić information content (AvgIpc) is 3.24. The molecule has 0 spiro atoms. The van der Waals surface area contributed by atoms with Crippen LogP contribution in [0.5, 0.6) is 0 Å².